The molecule has 0 aromatic heterocycles. The largest absolute Gasteiger partial charge is 0.544 e. The van der Waals surface area contributed by atoms with Crippen LogP contribution in [0, 0.1) is 0 Å². The Balaban J connectivity index is 4.35. The molecule has 0 aliphatic rings. The lowest BCUT2D eigenvalue weighted by molar-refractivity contribution is -0.889. The molecule has 0 aromatic carbocycles. The highest BCUT2D eigenvalue weighted by Gasteiger charge is 2.25. The third-order valence-corrected chi connectivity index (χ3v) is 9.17. The summed E-state index contributed by atoms with van der Waals surface area (Å²) in [5.41, 5.74) is 0. The Labute approximate surface area is 330 Å². The van der Waals surface area contributed by atoms with Gasteiger partial charge in [0.25, 0.3) is 0 Å². The Morgan fingerprint density at radius 2 is 1.11 bits per heavy atom. The van der Waals surface area contributed by atoms with Crippen molar-refractivity contribution in [3.63, 3.8) is 0 Å². The molecule has 0 N–H and O–H groups in total. The van der Waals surface area contributed by atoms with E-state index in [0.717, 1.165) is 44.9 Å². The lowest BCUT2D eigenvalue weighted by Gasteiger charge is -2.34. The summed E-state index contributed by atoms with van der Waals surface area (Å²) >= 11 is 0. The molecular formula is C46H79NO7. The van der Waals surface area contributed by atoms with Crippen LogP contribution in [0.2, 0.25) is 0 Å². The van der Waals surface area contributed by atoms with E-state index in [1.807, 2.05) is 0 Å². The second-order valence-electron chi connectivity index (χ2n) is 15.2. The number of hydrogen-bond donors (Lipinski definition) is 0. The first-order valence-corrected chi connectivity index (χ1v) is 21.3. The highest BCUT2D eigenvalue weighted by Crippen LogP contribution is 2.13. The van der Waals surface area contributed by atoms with Gasteiger partial charge in [-0.2, -0.15) is 0 Å². The van der Waals surface area contributed by atoms with Crippen LogP contribution in [0.4, 0.5) is 0 Å². The number of nitrogens with zero attached hydrogens (tertiary/aromatic N) is 1. The summed E-state index contributed by atoms with van der Waals surface area (Å²) in [6.07, 6.45) is 44.0. The zero-order valence-corrected chi connectivity index (χ0v) is 35.1. The van der Waals surface area contributed by atoms with Crippen molar-refractivity contribution in [2.75, 3.05) is 41.0 Å². The Morgan fingerprint density at radius 3 is 1.69 bits per heavy atom. The second kappa shape index (κ2) is 37.0. The number of unbranched alkanes of at least 4 members (excludes halogenated alkanes) is 14. The number of rotatable bonds is 37. The third kappa shape index (κ3) is 34.8. The quantitative estimate of drug-likeness (QED) is 0.0204. The van der Waals surface area contributed by atoms with E-state index in [4.69, 9.17) is 14.2 Å². The monoisotopic (exact) mass is 758 g/mol. The van der Waals surface area contributed by atoms with E-state index in [-0.39, 0.29) is 49.1 Å². The molecule has 0 heterocycles. The maximum absolute atomic E-state index is 12.6. The van der Waals surface area contributed by atoms with Crippen LogP contribution in [0.25, 0.3) is 0 Å². The molecule has 54 heavy (non-hydrogen) atoms. The van der Waals surface area contributed by atoms with Gasteiger partial charge in [0, 0.05) is 19.3 Å². The van der Waals surface area contributed by atoms with Crippen LogP contribution in [0.5, 0.6) is 0 Å². The highest BCUT2D eigenvalue weighted by molar-refractivity contribution is 5.70. The van der Waals surface area contributed by atoms with E-state index in [2.05, 4.69) is 74.6 Å². The summed E-state index contributed by atoms with van der Waals surface area (Å²) in [7, 11) is 5.38. The topological polar surface area (TPSA) is 102 Å². The first-order valence-electron chi connectivity index (χ1n) is 21.3. The number of carboxylic acids is 1. The van der Waals surface area contributed by atoms with Gasteiger partial charge in [0.15, 0.2) is 6.10 Å². The van der Waals surface area contributed by atoms with E-state index in [0.29, 0.717) is 12.8 Å². The minimum Gasteiger partial charge on any atom is -0.544 e. The minimum atomic E-state index is -1.14. The summed E-state index contributed by atoms with van der Waals surface area (Å²) in [6.45, 7) is 4.44. The lowest BCUT2D eigenvalue weighted by Crippen LogP contribution is -2.55. The Bertz CT molecular complexity index is 1070. The molecule has 0 aliphatic heterocycles. The molecule has 0 bridgehead atoms. The van der Waals surface area contributed by atoms with Gasteiger partial charge >= 0.3 is 11.9 Å². The Morgan fingerprint density at radius 1 is 0.593 bits per heavy atom. The molecule has 0 saturated heterocycles. The van der Waals surface area contributed by atoms with E-state index in [9.17, 15) is 19.5 Å². The number of aliphatic carboxylic acids is 1. The van der Waals surface area contributed by atoms with Crippen LogP contribution in [-0.2, 0) is 28.6 Å². The summed E-state index contributed by atoms with van der Waals surface area (Å²) in [5.74, 6) is -1.82. The Hall–Kier alpha value is -2.97. The highest BCUT2D eigenvalue weighted by atomic mass is 16.6. The number of allylic oxidation sites excluding steroid dienone is 10. The van der Waals surface area contributed by atoms with Crippen molar-refractivity contribution in [3.8, 4) is 0 Å². The van der Waals surface area contributed by atoms with E-state index >= 15 is 0 Å². The molecule has 0 aromatic rings. The minimum absolute atomic E-state index is 0.0174. The fourth-order valence-electron chi connectivity index (χ4n) is 5.85. The number of carboxylic acid groups (broad SMARTS) is 1. The molecule has 0 rings (SSSR count). The lowest BCUT2D eigenvalue weighted by atomic mass is 10.1. The van der Waals surface area contributed by atoms with Gasteiger partial charge in [-0.3, -0.25) is 9.59 Å². The van der Waals surface area contributed by atoms with Gasteiger partial charge in [0.05, 0.1) is 40.3 Å². The van der Waals surface area contributed by atoms with Crippen molar-refractivity contribution in [1.29, 1.82) is 0 Å². The average molecular weight is 758 g/mol. The number of likely N-dealkylation sites (N-methyl/N-ethyl adjacent to an activating group) is 1. The smallest absolute Gasteiger partial charge is 0.306 e. The van der Waals surface area contributed by atoms with E-state index in [1.165, 1.54) is 77.0 Å². The molecule has 0 fully saturated rings. The van der Waals surface area contributed by atoms with Crippen molar-refractivity contribution in [1.82, 2.24) is 0 Å². The van der Waals surface area contributed by atoms with E-state index < -0.39 is 18.1 Å². The fraction of sp³-hybridized carbons (Fsp3) is 0.717. The number of esters is 2. The first-order chi connectivity index (χ1) is 26.1. The number of carbonyl (C=O) groups excluding carboxylic acids is 3. The molecular weight excluding hydrogens is 679 g/mol. The predicted molar refractivity (Wildman–Crippen MR) is 222 cm³/mol. The van der Waals surface area contributed by atoms with Crippen LogP contribution in [0.1, 0.15) is 162 Å². The summed E-state index contributed by atoms with van der Waals surface area (Å²) in [6, 6.07) is -0.736. The molecule has 2 atom stereocenters. The van der Waals surface area contributed by atoms with Crippen LogP contribution in [0.15, 0.2) is 60.8 Å². The van der Waals surface area contributed by atoms with Gasteiger partial charge < -0.3 is 28.6 Å². The molecule has 0 amide bonds. The Kier molecular flexibility index (Phi) is 34.9. The van der Waals surface area contributed by atoms with Gasteiger partial charge in [-0.15, -0.1) is 0 Å². The molecule has 8 heteroatoms. The first kappa shape index (κ1) is 51.0. The molecule has 0 saturated carbocycles. The van der Waals surface area contributed by atoms with Gasteiger partial charge in [-0.25, -0.2) is 0 Å². The van der Waals surface area contributed by atoms with Crippen LogP contribution in [-0.4, -0.2) is 75.5 Å². The summed E-state index contributed by atoms with van der Waals surface area (Å²) in [4.78, 5) is 36.7. The number of hydrogen-bond acceptors (Lipinski definition) is 7. The van der Waals surface area contributed by atoms with Gasteiger partial charge in [-0.1, -0.05) is 139 Å². The second-order valence-corrected chi connectivity index (χ2v) is 15.2. The van der Waals surface area contributed by atoms with Crippen LogP contribution < -0.4 is 5.11 Å². The zero-order valence-electron chi connectivity index (χ0n) is 35.1. The molecule has 0 spiro atoms. The predicted octanol–water partition coefficient (Wildman–Crippen LogP) is 10.1. The molecule has 310 valence electrons. The van der Waals surface area contributed by atoms with Crippen LogP contribution >= 0.6 is 0 Å². The molecule has 0 radical (unpaired) electrons. The van der Waals surface area contributed by atoms with Crippen molar-refractivity contribution in [2.24, 2.45) is 0 Å². The summed E-state index contributed by atoms with van der Waals surface area (Å²) in [5, 5.41) is 11.6. The maximum Gasteiger partial charge on any atom is 0.306 e. The fourth-order valence-corrected chi connectivity index (χ4v) is 5.85. The maximum atomic E-state index is 12.6. The van der Waals surface area contributed by atoms with Gasteiger partial charge in [0.1, 0.15) is 12.6 Å². The SMILES string of the molecule is CC/C=C/C/C=C/C/C=C/CCCC(=O)OC(COCCC(C(=O)[O-])[N+](C)(C)C)COC(=O)CCCCCCCCCCCC/C=C/C=C/CCCCC. The van der Waals surface area contributed by atoms with E-state index in [1.54, 1.807) is 21.1 Å². The third-order valence-electron chi connectivity index (χ3n) is 9.17. The normalized spacial score (nSPS) is 13.6. The van der Waals surface area contributed by atoms with Crippen molar-refractivity contribution < 1.29 is 38.2 Å². The molecule has 8 nitrogen and oxygen atoms in total. The van der Waals surface area contributed by atoms with Crippen molar-refractivity contribution in [2.45, 2.75) is 174 Å². The van der Waals surface area contributed by atoms with Crippen molar-refractivity contribution in [3.05, 3.63) is 60.8 Å². The average Bonchev–Trinajstić information content (AvgIpc) is 3.12. The molecule has 2 unspecified atom stereocenters. The number of ether oxygens (including phenoxy) is 3. The number of quaternary nitrogens is 1. The number of carbonyl (C=O) groups is 3. The molecule has 0 aliphatic carbocycles. The van der Waals surface area contributed by atoms with Gasteiger partial charge in [0.2, 0.25) is 0 Å². The summed E-state index contributed by atoms with van der Waals surface area (Å²) < 4.78 is 17.1. The van der Waals surface area contributed by atoms with Crippen molar-refractivity contribution >= 4 is 17.9 Å². The van der Waals surface area contributed by atoms with Crippen LogP contribution in [0.3, 0.4) is 0 Å². The van der Waals surface area contributed by atoms with Gasteiger partial charge in [-0.05, 0) is 64.2 Å². The standard InChI is InChI=1S/C46H79NO7/c1-6-8-10-12-14-16-18-19-20-21-22-23-24-25-27-28-30-32-34-36-44(48)53-41-42(40-52-39-38-43(46(50)51)47(3,4)5)54-45(49)37-35-33-31-29-26-17-15-13-11-9-7-2/h9,11,14-19,29,31,42-43H,6-8,10,12-13,20-28,30,32-41H2,1-5H3/b11-9+,16-14+,17-15+,19-18+,31-29+. The zero-order chi connectivity index (χ0) is 40.0.